The van der Waals surface area contributed by atoms with Gasteiger partial charge in [-0.3, -0.25) is 4.79 Å². The summed E-state index contributed by atoms with van der Waals surface area (Å²) in [5, 5.41) is 3.45. The average Bonchev–Trinajstić information content (AvgIpc) is 2.97. The molecule has 0 atom stereocenters. The van der Waals surface area contributed by atoms with Crippen molar-refractivity contribution >= 4 is 16.8 Å². The molecule has 1 fully saturated rings. The molecule has 0 unspecified atom stereocenters. The van der Waals surface area contributed by atoms with Crippen molar-refractivity contribution in [2.75, 3.05) is 0 Å². The molecule has 0 saturated heterocycles. The molecule has 94 valence electrons. The lowest BCUT2D eigenvalue weighted by Gasteiger charge is -2.10. The smallest absolute Gasteiger partial charge is 0.267 e. The van der Waals surface area contributed by atoms with E-state index < -0.39 is 0 Å². The second kappa shape index (κ2) is 4.44. The fourth-order valence-corrected chi connectivity index (χ4v) is 2.57. The number of benzene rings is 1. The number of amides is 1. The van der Waals surface area contributed by atoms with Crippen LogP contribution in [-0.2, 0) is 0 Å². The number of aromatic amines is 1. The average molecular weight is 246 g/mol. The molecule has 0 bridgehead atoms. The molecule has 1 heterocycles. The predicted molar refractivity (Wildman–Crippen MR) is 68.0 cm³/mol. The Morgan fingerprint density at radius 1 is 1.33 bits per heavy atom. The molecule has 18 heavy (non-hydrogen) atoms. The summed E-state index contributed by atoms with van der Waals surface area (Å²) in [6.45, 7) is 0. The summed E-state index contributed by atoms with van der Waals surface area (Å²) in [4.78, 5) is 15.0. The minimum atomic E-state index is -0.302. The van der Waals surface area contributed by atoms with Crippen molar-refractivity contribution in [2.45, 2.75) is 31.7 Å². The largest absolute Gasteiger partial charge is 0.350 e. The number of H-pyrrole nitrogens is 1. The highest BCUT2D eigenvalue weighted by Crippen LogP contribution is 2.20. The molecule has 3 rings (SSSR count). The number of nitrogens with one attached hydrogen (secondary N) is 2. The van der Waals surface area contributed by atoms with E-state index in [0.717, 1.165) is 12.8 Å². The van der Waals surface area contributed by atoms with Crippen LogP contribution in [0.25, 0.3) is 10.9 Å². The standard InChI is InChI=1S/C14H15FN2O/c15-11-6-3-7-12-10(11)8-13(17-12)14(18)16-9-4-1-2-5-9/h3,6-9,17H,1-2,4-5H2,(H,16,18). The first-order valence-corrected chi connectivity index (χ1v) is 6.32. The van der Waals surface area contributed by atoms with Crippen LogP contribution in [0.15, 0.2) is 24.3 Å². The number of halogens is 1. The molecule has 4 heteroatoms. The lowest BCUT2D eigenvalue weighted by Crippen LogP contribution is -2.32. The molecule has 3 nitrogen and oxygen atoms in total. The van der Waals surface area contributed by atoms with Gasteiger partial charge in [-0.25, -0.2) is 4.39 Å². The number of aromatic nitrogens is 1. The van der Waals surface area contributed by atoms with E-state index >= 15 is 0 Å². The Morgan fingerprint density at radius 3 is 2.83 bits per heavy atom. The molecule has 1 aliphatic rings. The van der Waals surface area contributed by atoms with E-state index in [4.69, 9.17) is 0 Å². The summed E-state index contributed by atoms with van der Waals surface area (Å²) in [6, 6.07) is 6.65. The van der Waals surface area contributed by atoms with E-state index in [1.54, 1.807) is 18.2 Å². The Labute approximate surface area is 104 Å². The molecular weight excluding hydrogens is 231 g/mol. The maximum Gasteiger partial charge on any atom is 0.267 e. The summed E-state index contributed by atoms with van der Waals surface area (Å²) >= 11 is 0. The second-order valence-corrected chi connectivity index (χ2v) is 4.84. The van der Waals surface area contributed by atoms with Gasteiger partial charge >= 0.3 is 0 Å². The molecule has 0 aliphatic heterocycles. The Kier molecular flexibility index (Phi) is 2.78. The summed E-state index contributed by atoms with van der Waals surface area (Å²) < 4.78 is 13.5. The van der Waals surface area contributed by atoms with Crippen molar-refractivity contribution in [2.24, 2.45) is 0 Å². The molecule has 0 spiro atoms. The number of rotatable bonds is 2. The van der Waals surface area contributed by atoms with E-state index in [9.17, 15) is 9.18 Å². The number of hydrogen-bond acceptors (Lipinski definition) is 1. The van der Waals surface area contributed by atoms with Gasteiger partial charge in [-0.15, -0.1) is 0 Å². The summed E-state index contributed by atoms with van der Waals surface area (Å²) in [7, 11) is 0. The van der Waals surface area contributed by atoms with Crippen LogP contribution >= 0.6 is 0 Å². The highest BCUT2D eigenvalue weighted by Gasteiger charge is 2.19. The van der Waals surface area contributed by atoms with Crippen molar-refractivity contribution < 1.29 is 9.18 Å². The zero-order valence-corrected chi connectivity index (χ0v) is 10.0. The Hall–Kier alpha value is -1.84. The van der Waals surface area contributed by atoms with Crippen molar-refractivity contribution in [3.63, 3.8) is 0 Å². The van der Waals surface area contributed by atoms with Crippen molar-refractivity contribution in [1.29, 1.82) is 0 Å². The number of fused-ring (bicyclic) bond motifs is 1. The lowest BCUT2D eigenvalue weighted by molar-refractivity contribution is 0.0933. The van der Waals surface area contributed by atoms with Gasteiger partial charge < -0.3 is 10.3 Å². The van der Waals surface area contributed by atoms with Gasteiger partial charge in [-0.2, -0.15) is 0 Å². The summed E-state index contributed by atoms with van der Waals surface area (Å²) in [5.41, 5.74) is 1.09. The summed E-state index contributed by atoms with van der Waals surface area (Å²) in [6.07, 6.45) is 4.43. The molecule has 0 radical (unpaired) electrons. The quantitative estimate of drug-likeness (QED) is 0.840. The van der Waals surface area contributed by atoms with Crippen LogP contribution in [0.5, 0.6) is 0 Å². The van der Waals surface area contributed by atoms with E-state index in [2.05, 4.69) is 10.3 Å². The monoisotopic (exact) mass is 246 g/mol. The van der Waals surface area contributed by atoms with Crippen molar-refractivity contribution in [3.8, 4) is 0 Å². The van der Waals surface area contributed by atoms with E-state index in [1.165, 1.54) is 18.9 Å². The molecule has 1 amide bonds. The number of carbonyl (C=O) groups is 1. The van der Waals surface area contributed by atoms with Gasteiger partial charge in [0.05, 0.1) is 0 Å². The molecule has 1 saturated carbocycles. The maximum atomic E-state index is 13.5. The van der Waals surface area contributed by atoms with Gasteiger partial charge in [0.1, 0.15) is 11.5 Å². The number of carbonyl (C=O) groups excluding carboxylic acids is 1. The maximum absolute atomic E-state index is 13.5. The van der Waals surface area contributed by atoms with Crippen LogP contribution in [0.3, 0.4) is 0 Å². The van der Waals surface area contributed by atoms with Gasteiger partial charge in [0.2, 0.25) is 0 Å². The second-order valence-electron chi connectivity index (χ2n) is 4.84. The highest BCUT2D eigenvalue weighted by molar-refractivity contribution is 5.98. The third-order valence-corrected chi connectivity index (χ3v) is 3.55. The number of hydrogen-bond donors (Lipinski definition) is 2. The molecule has 2 aromatic rings. The van der Waals surface area contributed by atoms with Crippen molar-refractivity contribution in [1.82, 2.24) is 10.3 Å². The SMILES string of the molecule is O=C(NC1CCCC1)c1cc2c(F)cccc2[nH]1. The fourth-order valence-electron chi connectivity index (χ4n) is 2.57. The van der Waals surface area contributed by atoms with Crippen LogP contribution in [0.2, 0.25) is 0 Å². The van der Waals surface area contributed by atoms with Crippen LogP contribution in [-0.4, -0.2) is 16.9 Å². The van der Waals surface area contributed by atoms with Gasteiger partial charge in [0, 0.05) is 16.9 Å². The first-order chi connectivity index (χ1) is 8.74. The van der Waals surface area contributed by atoms with Crippen LogP contribution in [0, 0.1) is 5.82 Å². The molecule has 1 aromatic carbocycles. The molecule has 1 aliphatic carbocycles. The first-order valence-electron chi connectivity index (χ1n) is 6.32. The molecule has 1 aromatic heterocycles. The van der Waals surface area contributed by atoms with Crippen LogP contribution in [0.1, 0.15) is 36.2 Å². The van der Waals surface area contributed by atoms with Crippen LogP contribution < -0.4 is 5.32 Å². The Morgan fingerprint density at radius 2 is 2.11 bits per heavy atom. The third kappa shape index (κ3) is 1.98. The van der Waals surface area contributed by atoms with Gasteiger partial charge in [-0.05, 0) is 31.0 Å². The van der Waals surface area contributed by atoms with Gasteiger partial charge in [0.15, 0.2) is 0 Å². The van der Waals surface area contributed by atoms with Gasteiger partial charge in [-0.1, -0.05) is 18.9 Å². The zero-order valence-electron chi connectivity index (χ0n) is 10.0. The van der Waals surface area contributed by atoms with E-state index in [-0.39, 0.29) is 17.8 Å². The zero-order chi connectivity index (χ0) is 12.5. The lowest BCUT2D eigenvalue weighted by atomic mass is 10.2. The fraction of sp³-hybridized carbons (Fsp3) is 0.357. The highest BCUT2D eigenvalue weighted by atomic mass is 19.1. The third-order valence-electron chi connectivity index (χ3n) is 3.55. The predicted octanol–water partition coefficient (Wildman–Crippen LogP) is 2.98. The Balaban J connectivity index is 1.85. The minimum Gasteiger partial charge on any atom is -0.350 e. The topological polar surface area (TPSA) is 44.9 Å². The summed E-state index contributed by atoms with van der Waals surface area (Å²) in [5.74, 6) is -0.443. The van der Waals surface area contributed by atoms with E-state index in [0.29, 0.717) is 16.6 Å². The van der Waals surface area contributed by atoms with Gasteiger partial charge in [0.25, 0.3) is 5.91 Å². The molecule has 2 N–H and O–H groups in total. The van der Waals surface area contributed by atoms with E-state index in [1.807, 2.05) is 0 Å². The minimum absolute atomic E-state index is 0.141. The molecular formula is C14H15FN2O. The van der Waals surface area contributed by atoms with Crippen LogP contribution in [0.4, 0.5) is 4.39 Å². The normalized spacial score (nSPS) is 16.3. The van der Waals surface area contributed by atoms with Crippen molar-refractivity contribution in [3.05, 3.63) is 35.8 Å². The Bertz CT molecular complexity index is 584. The first kappa shape index (κ1) is 11.3.